The molecule has 5 heterocycles. The van der Waals surface area contributed by atoms with Crippen molar-refractivity contribution in [3.63, 3.8) is 0 Å². The average molecular weight is 654 g/mol. The Bertz CT molecular complexity index is 1580. The number of fused-ring (bicyclic) bond motifs is 1. The monoisotopic (exact) mass is 652 g/mol. The van der Waals surface area contributed by atoms with Crippen LogP contribution in [0, 0.1) is 0 Å². The van der Waals surface area contributed by atoms with Gasteiger partial charge >= 0.3 is 0 Å². The summed E-state index contributed by atoms with van der Waals surface area (Å²) in [4.78, 5) is 46.7. The van der Waals surface area contributed by atoms with Gasteiger partial charge < -0.3 is 30.1 Å². The number of hydrogen-bond acceptors (Lipinski definition) is 9. The lowest BCUT2D eigenvalue weighted by Crippen LogP contribution is -2.46. The lowest BCUT2D eigenvalue weighted by molar-refractivity contribution is -0.125. The molecule has 0 saturated carbocycles. The first-order chi connectivity index (χ1) is 21.7. The zero-order valence-corrected chi connectivity index (χ0v) is 27.2. The third kappa shape index (κ3) is 6.86. The molecule has 13 heteroatoms. The van der Waals surface area contributed by atoms with Gasteiger partial charge in [-0.2, -0.15) is 0 Å². The number of likely N-dealkylation sites (N-methyl/N-ethyl adjacent to an activating group) is 1. The molecule has 0 spiro atoms. The molecule has 2 fully saturated rings. The van der Waals surface area contributed by atoms with E-state index in [0.717, 1.165) is 56.0 Å². The number of ether oxygens (including phenoxy) is 1. The van der Waals surface area contributed by atoms with E-state index in [1.54, 1.807) is 30.3 Å². The largest absolute Gasteiger partial charge is 0.381 e. The van der Waals surface area contributed by atoms with Crippen LogP contribution in [-0.4, -0.2) is 95.1 Å². The van der Waals surface area contributed by atoms with Crippen molar-refractivity contribution in [1.29, 1.82) is 0 Å². The summed E-state index contributed by atoms with van der Waals surface area (Å²) in [6.45, 7) is 9.03. The van der Waals surface area contributed by atoms with Crippen LogP contribution in [0.4, 0.5) is 11.8 Å². The molecule has 0 bridgehead atoms. The number of pyridine rings is 1. The van der Waals surface area contributed by atoms with Crippen LogP contribution in [0.5, 0.6) is 0 Å². The highest BCUT2D eigenvalue weighted by Crippen LogP contribution is 2.33. The van der Waals surface area contributed by atoms with E-state index in [1.165, 1.54) is 0 Å². The Morgan fingerprint density at radius 1 is 1.02 bits per heavy atom. The highest BCUT2D eigenvalue weighted by molar-refractivity contribution is 6.33. The number of nitrogens with one attached hydrogen (secondary N) is 2. The van der Waals surface area contributed by atoms with Gasteiger partial charge in [0.1, 0.15) is 11.9 Å². The number of nitrogens with zero attached hydrogens (tertiary/aromatic N) is 6. The van der Waals surface area contributed by atoms with Crippen LogP contribution >= 0.6 is 23.2 Å². The van der Waals surface area contributed by atoms with Crippen molar-refractivity contribution in [3.05, 3.63) is 63.4 Å². The van der Waals surface area contributed by atoms with E-state index in [4.69, 9.17) is 27.9 Å². The van der Waals surface area contributed by atoms with Crippen molar-refractivity contribution in [2.24, 2.45) is 0 Å². The standard InChI is InChI=1S/C32H38Cl2N8O3/c1-19(24-15-28(35-16-26(24)33)41-10-8-40(3)9-11-41)37-30(43)20(2)42-18-22-5-4-21(14-25(22)31(42)44)29-27(34)17-36-32(39-29)38-23-6-12-45-13-7-23/h4-5,14-17,19-20,23H,6-13,18H2,1-3H3,(H,37,43)(H,36,38,39)/t19-,20?/m1/s1. The molecule has 2 N–H and O–H groups in total. The smallest absolute Gasteiger partial charge is 0.255 e. The van der Waals surface area contributed by atoms with Crippen molar-refractivity contribution in [2.45, 2.75) is 51.4 Å². The maximum atomic E-state index is 13.6. The van der Waals surface area contributed by atoms with Crippen LogP contribution in [0.3, 0.4) is 0 Å². The van der Waals surface area contributed by atoms with E-state index in [9.17, 15) is 9.59 Å². The fourth-order valence-corrected chi connectivity index (χ4v) is 6.45. The number of hydrogen-bond donors (Lipinski definition) is 2. The number of aromatic nitrogens is 3. The molecule has 1 aromatic carbocycles. The van der Waals surface area contributed by atoms with E-state index in [0.29, 0.717) is 52.6 Å². The van der Waals surface area contributed by atoms with Gasteiger partial charge in [-0.05, 0) is 57.0 Å². The molecule has 45 heavy (non-hydrogen) atoms. The highest BCUT2D eigenvalue weighted by atomic mass is 35.5. The van der Waals surface area contributed by atoms with Crippen LogP contribution in [0.25, 0.3) is 11.3 Å². The number of carbonyl (C=O) groups is 2. The minimum absolute atomic E-state index is 0.216. The number of carbonyl (C=O) groups excluding carboxylic acids is 2. The summed E-state index contributed by atoms with van der Waals surface area (Å²) < 4.78 is 5.44. The van der Waals surface area contributed by atoms with Crippen LogP contribution < -0.4 is 15.5 Å². The van der Waals surface area contributed by atoms with Gasteiger partial charge in [-0.15, -0.1) is 0 Å². The third-order valence-corrected chi connectivity index (χ3v) is 9.48. The van der Waals surface area contributed by atoms with Crippen LogP contribution in [-0.2, 0) is 16.1 Å². The van der Waals surface area contributed by atoms with E-state index >= 15 is 0 Å². The normalized spacial score (nSPS) is 18.9. The Labute approximate surface area is 273 Å². The van der Waals surface area contributed by atoms with E-state index in [1.807, 2.05) is 25.1 Å². The first kappa shape index (κ1) is 31.5. The van der Waals surface area contributed by atoms with E-state index in [2.05, 4.69) is 42.4 Å². The zero-order chi connectivity index (χ0) is 31.7. The van der Waals surface area contributed by atoms with Crippen molar-refractivity contribution < 1.29 is 14.3 Å². The molecule has 2 saturated heterocycles. The Balaban J connectivity index is 1.13. The Morgan fingerprint density at radius 2 is 1.76 bits per heavy atom. The molecule has 3 aliphatic heterocycles. The highest BCUT2D eigenvalue weighted by Gasteiger charge is 2.35. The lowest BCUT2D eigenvalue weighted by Gasteiger charge is -2.33. The van der Waals surface area contributed by atoms with Gasteiger partial charge in [-0.3, -0.25) is 9.59 Å². The predicted octanol–water partition coefficient (Wildman–Crippen LogP) is 4.41. The maximum absolute atomic E-state index is 13.6. The Hall–Kier alpha value is -3.51. The van der Waals surface area contributed by atoms with Gasteiger partial charge in [0.2, 0.25) is 11.9 Å². The molecule has 6 rings (SSSR count). The minimum Gasteiger partial charge on any atom is -0.381 e. The Morgan fingerprint density at radius 3 is 2.51 bits per heavy atom. The molecule has 11 nitrogen and oxygen atoms in total. The molecule has 238 valence electrons. The Kier molecular flexibility index (Phi) is 9.41. The summed E-state index contributed by atoms with van der Waals surface area (Å²) in [5, 5.41) is 7.31. The fourth-order valence-electron chi connectivity index (χ4n) is 5.98. The maximum Gasteiger partial charge on any atom is 0.255 e. The number of benzene rings is 1. The molecular formula is C32H38Cl2N8O3. The summed E-state index contributed by atoms with van der Waals surface area (Å²) in [6.07, 6.45) is 4.97. The van der Waals surface area contributed by atoms with Gasteiger partial charge in [0, 0.05) is 69.3 Å². The molecule has 3 aliphatic rings. The molecule has 1 unspecified atom stereocenters. The third-order valence-electron chi connectivity index (χ3n) is 8.88. The predicted molar refractivity (Wildman–Crippen MR) is 175 cm³/mol. The van der Waals surface area contributed by atoms with Gasteiger partial charge in [-0.25, -0.2) is 15.0 Å². The summed E-state index contributed by atoms with van der Waals surface area (Å²) in [7, 11) is 2.11. The summed E-state index contributed by atoms with van der Waals surface area (Å²) in [6, 6.07) is 6.70. The van der Waals surface area contributed by atoms with Crippen molar-refractivity contribution >= 4 is 46.8 Å². The number of rotatable bonds is 8. The molecule has 2 amide bonds. The zero-order valence-electron chi connectivity index (χ0n) is 25.7. The molecule has 2 aromatic heterocycles. The summed E-state index contributed by atoms with van der Waals surface area (Å²) in [5.41, 5.74) is 3.41. The van der Waals surface area contributed by atoms with E-state index < -0.39 is 6.04 Å². The van der Waals surface area contributed by atoms with Crippen LogP contribution in [0.1, 0.15) is 54.2 Å². The summed E-state index contributed by atoms with van der Waals surface area (Å²) >= 11 is 13.0. The second-order valence-electron chi connectivity index (χ2n) is 12.0. The van der Waals surface area contributed by atoms with Crippen molar-refractivity contribution in [3.8, 4) is 11.3 Å². The number of amides is 2. The number of piperazine rings is 1. The van der Waals surface area contributed by atoms with Crippen LogP contribution in [0.15, 0.2) is 36.7 Å². The summed E-state index contributed by atoms with van der Waals surface area (Å²) in [5.74, 6) is 0.847. The molecular weight excluding hydrogens is 615 g/mol. The fraction of sp³-hybridized carbons (Fsp3) is 0.469. The molecule has 0 radical (unpaired) electrons. The first-order valence-corrected chi connectivity index (χ1v) is 16.1. The first-order valence-electron chi connectivity index (χ1n) is 15.4. The van der Waals surface area contributed by atoms with Gasteiger partial charge in [0.25, 0.3) is 5.91 Å². The minimum atomic E-state index is -0.702. The number of anilines is 2. The van der Waals surface area contributed by atoms with Gasteiger partial charge in [0.15, 0.2) is 0 Å². The topological polar surface area (TPSA) is 116 Å². The van der Waals surface area contributed by atoms with Crippen molar-refractivity contribution in [2.75, 3.05) is 56.7 Å². The van der Waals surface area contributed by atoms with Crippen molar-refractivity contribution in [1.82, 2.24) is 30.1 Å². The molecule has 3 aromatic rings. The van der Waals surface area contributed by atoms with Crippen LogP contribution in [0.2, 0.25) is 10.0 Å². The molecule has 0 aliphatic carbocycles. The van der Waals surface area contributed by atoms with E-state index in [-0.39, 0.29) is 23.9 Å². The van der Waals surface area contributed by atoms with Gasteiger partial charge in [-0.1, -0.05) is 35.3 Å². The second-order valence-corrected chi connectivity index (χ2v) is 12.8. The lowest BCUT2D eigenvalue weighted by atomic mass is 10.0. The average Bonchev–Trinajstić information content (AvgIpc) is 3.38. The quantitative estimate of drug-likeness (QED) is 0.365. The number of halogens is 2. The SMILES string of the molecule is CC(C(=O)N[C@H](C)c1cc(N2CCN(C)CC2)ncc1Cl)N1Cc2ccc(-c3nc(NC4CCOCC4)ncc3Cl)cc2C1=O. The second kappa shape index (κ2) is 13.5. The molecule has 2 atom stereocenters. The van der Waals surface area contributed by atoms with Gasteiger partial charge in [0.05, 0.1) is 28.0 Å².